The first-order chi connectivity index (χ1) is 8.99. The predicted octanol–water partition coefficient (Wildman–Crippen LogP) is 2.64. The molecule has 0 aromatic rings. The third kappa shape index (κ3) is 7.28. The molecule has 0 amide bonds. The van der Waals surface area contributed by atoms with E-state index in [0.717, 1.165) is 12.3 Å². The van der Waals surface area contributed by atoms with Gasteiger partial charge in [-0.05, 0) is 58.0 Å². The second kappa shape index (κ2) is 8.23. The number of hydrogen-bond donors (Lipinski definition) is 2. The van der Waals surface area contributed by atoms with Crippen LogP contribution in [-0.4, -0.2) is 47.8 Å². The summed E-state index contributed by atoms with van der Waals surface area (Å²) in [4.78, 5) is 2.62. The average molecular weight is 270 g/mol. The Morgan fingerprint density at radius 2 is 2.00 bits per heavy atom. The smallest absolute Gasteiger partial charge is 0.0610 e. The van der Waals surface area contributed by atoms with Crippen LogP contribution in [0.25, 0.3) is 0 Å². The van der Waals surface area contributed by atoms with Gasteiger partial charge in [-0.3, -0.25) is 0 Å². The minimum absolute atomic E-state index is 0.119. The van der Waals surface area contributed by atoms with E-state index in [2.05, 4.69) is 37.9 Å². The van der Waals surface area contributed by atoms with E-state index in [9.17, 15) is 5.11 Å². The van der Waals surface area contributed by atoms with Gasteiger partial charge in [-0.1, -0.05) is 20.8 Å². The van der Waals surface area contributed by atoms with Crippen molar-refractivity contribution < 1.29 is 5.11 Å². The van der Waals surface area contributed by atoms with Gasteiger partial charge in [-0.25, -0.2) is 0 Å². The summed E-state index contributed by atoms with van der Waals surface area (Å²) in [6.45, 7) is 12.6. The normalized spacial score (nSPS) is 19.1. The maximum atomic E-state index is 9.58. The van der Waals surface area contributed by atoms with Gasteiger partial charge in [0.1, 0.15) is 0 Å². The van der Waals surface area contributed by atoms with Crippen LogP contribution in [0.2, 0.25) is 0 Å². The van der Waals surface area contributed by atoms with Gasteiger partial charge in [0.25, 0.3) is 0 Å². The molecule has 19 heavy (non-hydrogen) atoms. The van der Waals surface area contributed by atoms with Gasteiger partial charge in [-0.15, -0.1) is 0 Å². The lowest BCUT2D eigenvalue weighted by atomic mass is 9.95. The Labute approximate surface area is 119 Å². The molecule has 3 nitrogen and oxygen atoms in total. The molecule has 1 unspecified atom stereocenters. The minimum atomic E-state index is -0.119. The highest BCUT2D eigenvalue weighted by Gasteiger charge is 2.26. The molecule has 2 N–H and O–H groups in total. The summed E-state index contributed by atoms with van der Waals surface area (Å²) in [5.41, 5.74) is -0.119. The monoisotopic (exact) mass is 270 g/mol. The number of nitrogens with one attached hydrogen (secondary N) is 1. The number of nitrogens with zero attached hydrogens (tertiary/aromatic N) is 1. The number of rotatable bonds is 11. The Morgan fingerprint density at radius 1 is 1.32 bits per heavy atom. The van der Waals surface area contributed by atoms with Crippen LogP contribution < -0.4 is 5.32 Å². The first kappa shape index (κ1) is 16.9. The van der Waals surface area contributed by atoms with Crippen molar-refractivity contribution in [3.8, 4) is 0 Å². The molecule has 0 spiro atoms. The first-order valence-electron chi connectivity index (χ1n) is 8.10. The van der Waals surface area contributed by atoms with Crippen LogP contribution in [-0.2, 0) is 0 Å². The predicted molar refractivity (Wildman–Crippen MR) is 82.5 cm³/mol. The molecular formula is C16H34N2O. The Kier molecular flexibility index (Phi) is 7.33. The van der Waals surface area contributed by atoms with E-state index in [1.807, 2.05) is 0 Å². The van der Waals surface area contributed by atoms with E-state index in [0.29, 0.717) is 6.04 Å². The molecule has 0 aromatic heterocycles. The van der Waals surface area contributed by atoms with E-state index in [1.165, 1.54) is 45.3 Å². The lowest BCUT2D eigenvalue weighted by Crippen LogP contribution is -2.49. The molecule has 1 aliphatic carbocycles. The highest BCUT2D eigenvalue weighted by atomic mass is 16.3. The average Bonchev–Trinajstić information content (AvgIpc) is 3.12. The van der Waals surface area contributed by atoms with E-state index in [1.54, 1.807) is 0 Å². The lowest BCUT2D eigenvalue weighted by molar-refractivity contribution is 0.147. The van der Waals surface area contributed by atoms with Crippen molar-refractivity contribution in [2.24, 2.45) is 5.92 Å². The molecule has 1 rings (SSSR count). The van der Waals surface area contributed by atoms with Crippen molar-refractivity contribution in [1.29, 1.82) is 0 Å². The Bertz CT molecular complexity index is 241. The van der Waals surface area contributed by atoms with Gasteiger partial charge < -0.3 is 15.3 Å². The summed E-state index contributed by atoms with van der Waals surface area (Å²) < 4.78 is 0. The van der Waals surface area contributed by atoms with Crippen LogP contribution in [0.5, 0.6) is 0 Å². The van der Waals surface area contributed by atoms with E-state index < -0.39 is 0 Å². The summed E-state index contributed by atoms with van der Waals surface area (Å²) in [6.07, 6.45) is 6.33. The van der Waals surface area contributed by atoms with Gasteiger partial charge in [-0.2, -0.15) is 0 Å². The summed E-state index contributed by atoms with van der Waals surface area (Å²) in [5, 5.41) is 13.1. The number of aliphatic hydroxyl groups excluding tert-OH is 1. The maximum absolute atomic E-state index is 9.58. The van der Waals surface area contributed by atoms with Crippen LogP contribution >= 0.6 is 0 Å². The van der Waals surface area contributed by atoms with Gasteiger partial charge in [0.2, 0.25) is 0 Å². The zero-order chi connectivity index (χ0) is 14.3. The van der Waals surface area contributed by atoms with Crippen LogP contribution in [0.3, 0.4) is 0 Å². The van der Waals surface area contributed by atoms with E-state index >= 15 is 0 Å². The summed E-state index contributed by atoms with van der Waals surface area (Å²) >= 11 is 0. The highest BCUT2D eigenvalue weighted by Crippen LogP contribution is 2.29. The molecule has 1 atom stereocenters. The van der Waals surface area contributed by atoms with Crippen molar-refractivity contribution >= 4 is 0 Å². The van der Waals surface area contributed by atoms with Crippen LogP contribution in [0.4, 0.5) is 0 Å². The van der Waals surface area contributed by atoms with Gasteiger partial charge >= 0.3 is 0 Å². The Balaban J connectivity index is 2.27. The van der Waals surface area contributed by atoms with Crippen molar-refractivity contribution in [3.63, 3.8) is 0 Å². The van der Waals surface area contributed by atoms with Crippen molar-refractivity contribution in [2.45, 2.75) is 71.4 Å². The Morgan fingerprint density at radius 3 is 2.47 bits per heavy atom. The molecule has 3 heteroatoms. The third-order valence-corrected chi connectivity index (χ3v) is 3.94. The molecule has 114 valence electrons. The van der Waals surface area contributed by atoms with Crippen molar-refractivity contribution in [3.05, 3.63) is 0 Å². The fourth-order valence-corrected chi connectivity index (χ4v) is 2.86. The van der Waals surface area contributed by atoms with Crippen molar-refractivity contribution in [1.82, 2.24) is 10.2 Å². The van der Waals surface area contributed by atoms with Crippen molar-refractivity contribution in [2.75, 3.05) is 26.2 Å². The first-order valence-corrected chi connectivity index (χ1v) is 8.10. The van der Waals surface area contributed by atoms with Gasteiger partial charge in [0.15, 0.2) is 0 Å². The summed E-state index contributed by atoms with van der Waals surface area (Å²) in [5.74, 6) is 0.976. The Hall–Kier alpha value is -0.120. The molecule has 0 bridgehead atoms. The van der Waals surface area contributed by atoms with Gasteiger partial charge in [0, 0.05) is 18.1 Å². The number of aliphatic hydroxyl groups is 1. The summed E-state index contributed by atoms with van der Waals surface area (Å²) in [7, 11) is 0. The SMILES string of the molecule is CCCN(CCCC(C)(CO)NC(C)C)CC1CC1. The zero-order valence-electron chi connectivity index (χ0n) is 13.4. The van der Waals surface area contributed by atoms with E-state index in [-0.39, 0.29) is 12.1 Å². The van der Waals surface area contributed by atoms with Gasteiger partial charge in [0.05, 0.1) is 6.61 Å². The minimum Gasteiger partial charge on any atom is -0.394 e. The van der Waals surface area contributed by atoms with Crippen LogP contribution in [0.15, 0.2) is 0 Å². The zero-order valence-corrected chi connectivity index (χ0v) is 13.4. The topological polar surface area (TPSA) is 35.5 Å². The molecule has 0 saturated heterocycles. The molecule has 0 radical (unpaired) electrons. The summed E-state index contributed by atoms with van der Waals surface area (Å²) in [6, 6.07) is 0.426. The molecule has 0 aromatic carbocycles. The fraction of sp³-hybridized carbons (Fsp3) is 1.00. The fourth-order valence-electron chi connectivity index (χ4n) is 2.86. The molecule has 1 aliphatic rings. The molecule has 0 aliphatic heterocycles. The highest BCUT2D eigenvalue weighted by molar-refractivity contribution is 4.84. The molecule has 0 heterocycles. The second-order valence-corrected chi connectivity index (χ2v) is 6.87. The largest absolute Gasteiger partial charge is 0.394 e. The molecule has 1 saturated carbocycles. The molecule has 1 fully saturated rings. The standard InChI is InChI=1S/C16H34N2O/c1-5-10-18(12-15-7-8-15)11-6-9-16(4,13-19)17-14(2)3/h14-15,17,19H,5-13H2,1-4H3. The maximum Gasteiger partial charge on any atom is 0.0610 e. The van der Waals surface area contributed by atoms with Crippen LogP contribution in [0, 0.1) is 5.92 Å². The van der Waals surface area contributed by atoms with Crippen LogP contribution in [0.1, 0.15) is 59.8 Å². The lowest BCUT2D eigenvalue weighted by Gasteiger charge is -2.32. The number of hydrogen-bond acceptors (Lipinski definition) is 3. The third-order valence-electron chi connectivity index (χ3n) is 3.94. The van der Waals surface area contributed by atoms with E-state index in [4.69, 9.17) is 0 Å². The molecular weight excluding hydrogens is 236 g/mol. The second-order valence-electron chi connectivity index (χ2n) is 6.87. The quantitative estimate of drug-likeness (QED) is 0.606.